The summed E-state index contributed by atoms with van der Waals surface area (Å²) in [6, 6.07) is 11.0. The number of aromatic nitrogens is 3. The maximum Gasteiger partial charge on any atom is 0.175 e. The third-order valence-corrected chi connectivity index (χ3v) is 5.65. The van der Waals surface area contributed by atoms with E-state index in [4.69, 9.17) is 0 Å². The number of nitrogens with one attached hydrogen (secondary N) is 1. The molecule has 1 aliphatic heterocycles. The van der Waals surface area contributed by atoms with Gasteiger partial charge in [-0.1, -0.05) is 6.07 Å². The zero-order chi connectivity index (χ0) is 18.1. The average molecular weight is 369 g/mol. The highest BCUT2D eigenvalue weighted by Gasteiger charge is 2.24. The molecule has 1 atom stereocenters. The quantitative estimate of drug-likeness (QED) is 0.753. The minimum absolute atomic E-state index is 0.206. The fourth-order valence-electron chi connectivity index (χ4n) is 3.20. The molecule has 1 N–H and O–H groups in total. The largest absolute Gasteiger partial charge is 0.365 e. The summed E-state index contributed by atoms with van der Waals surface area (Å²) < 4.78 is 23.7. The minimum atomic E-state index is -3.28. The molecule has 0 aliphatic carbocycles. The van der Waals surface area contributed by atoms with E-state index in [1.54, 1.807) is 24.4 Å². The van der Waals surface area contributed by atoms with Gasteiger partial charge in [0, 0.05) is 37.0 Å². The minimum Gasteiger partial charge on any atom is -0.365 e. The Kier molecular flexibility index (Phi) is 4.20. The second-order valence-electron chi connectivity index (χ2n) is 6.44. The average Bonchev–Trinajstić information content (AvgIpc) is 3.10. The Morgan fingerprint density at radius 3 is 2.81 bits per heavy atom. The van der Waals surface area contributed by atoms with Crippen molar-refractivity contribution in [2.24, 2.45) is 0 Å². The molecule has 0 saturated carbocycles. The van der Waals surface area contributed by atoms with Gasteiger partial charge in [0.05, 0.1) is 10.4 Å². The van der Waals surface area contributed by atoms with Crippen LogP contribution >= 0.6 is 0 Å². The molecule has 2 aromatic heterocycles. The first-order chi connectivity index (χ1) is 12.5. The van der Waals surface area contributed by atoms with Crippen molar-refractivity contribution in [1.29, 1.82) is 0 Å². The first kappa shape index (κ1) is 16.7. The summed E-state index contributed by atoms with van der Waals surface area (Å²) >= 11 is 0. The summed E-state index contributed by atoms with van der Waals surface area (Å²) in [6.07, 6.45) is 5.44. The molecule has 3 aromatic rings. The summed E-state index contributed by atoms with van der Waals surface area (Å²) in [6.45, 7) is 1.72. The van der Waals surface area contributed by atoms with Gasteiger partial charge in [0.25, 0.3) is 0 Å². The number of rotatable bonds is 4. The van der Waals surface area contributed by atoms with Gasteiger partial charge in [0.15, 0.2) is 9.84 Å². The molecule has 3 heterocycles. The Hall–Kier alpha value is -2.74. The topological polar surface area (TPSA) is 88.1 Å². The van der Waals surface area contributed by atoms with Gasteiger partial charge in [-0.15, -0.1) is 0 Å². The van der Waals surface area contributed by atoms with Gasteiger partial charge in [-0.3, -0.25) is 0 Å². The van der Waals surface area contributed by atoms with E-state index in [2.05, 4.69) is 25.2 Å². The SMILES string of the molecule is CS(=O)(=O)c1ccc2ncnc(N[C@H]3CCN(c4ccccn4)C3)c2c1. The van der Waals surface area contributed by atoms with Crippen molar-refractivity contribution in [3.05, 3.63) is 48.9 Å². The van der Waals surface area contributed by atoms with E-state index in [1.807, 2.05) is 18.2 Å². The summed E-state index contributed by atoms with van der Waals surface area (Å²) in [4.78, 5) is 15.5. The van der Waals surface area contributed by atoms with Crippen LogP contribution in [0.4, 0.5) is 11.6 Å². The number of fused-ring (bicyclic) bond motifs is 1. The molecule has 0 radical (unpaired) electrons. The van der Waals surface area contributed by atoms with Crippen LogP contribution in [0.25, 0.3) is 10.9 Å². The molecule has 1 saturated heterocycles. The van der Waals surface area contributed by atoms with Gasteiger partial charge in [-0.25, -0.2) is 23.4 Å². The third-order valence-electron chi connectivity index (χ3n) is 4.54. The molecule has 4 rings (SSSR count). The normalized spacial score (nSPS) is 17.6. The van der Waals surface area contributed by atoms with Gasteiger partial charge in [0.1, 0.15) is 18.0 Å². The molecule has 0 amide bonds. The maximum absolute atomic E-state index is 11.9. The number of pyridine rings is 1. The van der Waals surface area contributed by atoms with Crippen molar-refractivity contribution in [2.45, 2.75) is 17.4 Å². The first-order valence-corrected chi connectivity index (χ1v) is 10.3. The van der Waals surface area contributed by atoms with Gasteiger partial charge >= 0.3 is 0 Å². The van der Waals surface area contributed by atoms with E-state index < -0.39 is 9.84 Å². The van der Waals surface area contributed by atoms with Gasteiger partial charge < -0.3 is 10.2 Å². The third kappa shape index (κ3) is 3.32. The van der Waals surface area contributed by atoms with Crippen molar-refractivity contribution >= 4 is 32.4 Å². The van der Waals surface area contributed by atoms with Crippen LogP contribution < -0.4 is 10.2 Å². The van der Waals surface area contributed by atoms with Crippen LogP contribution in [0, 0.1) is 0 Å². The van der Waals surface area contributed by atoms with Gasteiger partial charge in [-0.2, -0.15) is 0 Å². The smallest absolute Gasteiger partial charge is 0.175 e. The van der Waals surface area contributed by atoms with Crippen LogP contribution in [0.1, 0.15) is 6.42 Å². The van der Waals surface area contributed by atoms with E-state index in [-0.39, 0.29) is 10.9 Å². The van der Waals surface area contributed by atoms with Crippen molar-refractivity contribution in [3.8, 4) is 0 Å². The highest BCUT2D eigenvalue weighted by molar-refractivity contribution is 7.90. The van der Waals surface area contributed by atoms with Crippen LogP contribution in [0.2, 0.25) is 0 Å². The number of hydrogen-bond donors (Lipinski definition) is 1. The van der Waals surface area contributed by atoms with Crippen molar-refractivity contribution in [1.82, 2.24) is 15.0 Å². The lowest BCUT2D eigenvalue weighted by Gasteiger charge is -2.18. The molecule has 7 nitrogen and oxygen atoms in total. The molecular formula is C18H19N5O2S. The number of anilines is 2. The fourth-order valence-corrected chi connectivity index (χ4v) is 3.85. The first-order valence-electron chi connectivity index (χ1n) is 8.38. The van der Waals surface area contributed by atoms with E-state index in [9.17, 15) is 8.42 Å². The van der Waals surface area contributed by atoms with E-state index in [0.29, 0.717) is 11.2 Å². The lowest BCUT2D eigenvalue weighted by molar-refractivity contribution is 0.602. The van der Waals surface area contributed by atoms with Crippen molar-refractivity contribution < 1.29 is 8.42 Å². The lowest BCUT2D eigenvalue weighted by atomic mass is 10.2. The van der Waals surface area contributed by atoms with Gasteiger partial charge in [-0.05, 0) is 36.8 Å². The highest BCUT2D eigenvalue weighted by Crippen LogP contribution is 2.26. The second-order valence-corrected chi connectivity index (χ2v) is 8.45. The molecule has 1 fully saturated rings. The van der Waals surface area contributed by atoms with E-state index >= 15 is 0 Å². The van der Waals surface area contributed by atoms with E-state index in [0.717, 1.165) is 30.8 Å². The molecule has 1 aliphatic rings. The number of sulfone groups is 1. The monoisotopic (exact) mass is 369 g/mol. The van der Waals surface area contributed by atoms with Crippen LogP contribution in [-0.4, -0.2) is 48.8 Å². The Morgan fingerprint density at radius 1 is 1.15 bits per heavy atom. The second kappa shape index (κ2) is 6.53. The molecule has 0 unspecified atom stereocenters. The summed E-state index contributed by atoms with van der Waals surface area (Å²) in [7, 11) is -3.28. The van der Waals surface area contributed by atoms with Crippen LogP contribution in [0.3, 0.4) is 0 Å². The Bertz CT molecular complexity index is 1040. The Balaban J connectivity index is 1.59. The molecule has 1 aromatic carbocycles. The fraction of sp³-hybridized carbons (Fsp3) is 0.278. The standard InChI is InChI=1S/C18H19N5O2S/c1-26(24,25)14-5-6-16-15(10-14)18(21-12-20-16)22-13-7-9-23(11-13)17-4-2-3-8-19-17/h2-6,8,10,12-13H,7,9,11H2,1H3,(H,20,21,22)/t13-/m0/s1. The predicted octanol–water partition coefficient (Wildman–Crippen LogP) is 2.12. The molecular weight excluding hydrogens is 350 g/mol. The summed E-state index contributed by atoms with van der Waals surface area (Å²) in [5.74, 6) is 1.62. The zero-order valence-corrected chi connectivity index (χ0v) is 15.1. The zero-order valence-electron chi connectivity index (χ0n) is 14.3. The number of hydrogen-bond acceptors (Lipinski definition) is 7. The van der Waals surface area contributed by atoms with Crippen LogP contribution in [0.15, 0.2) is 53.8 Å². The Labute approximate surface area is 152 Å². The number of benzene rings is 1. The highest BCUT2D eigenvalue weighted by atomic mass is 32.2. The molecule has 134 valence electrons. The van der Waals surface area contributed by atoms with Crippen LogP contribution in [-0.2, 0) is 9.84 Å². The molecule has 26 heavy (non-hydrogen) atoms. The van der Waals surface area contributed by atoms with Gasteiger partial charge in [0.2, 0.25) is 0 Å². The van der Waals surface area contributed by atoms with E-state index in [1.165, 1.54) is 12.6 Å². The predicted molar refractivity (Wildman–Crippen MR) is 101 cm³/mol. The Morgan fingerprint density at radius 2 is 2.04 bits per heavy atom. The lowest BCUT2D eigenvalue weighted by Crippen LogP contribution is -2.26. The summed E-state index contributed by atoms with van der Waals surface area (Å²) in [5.41, 5.74) is 0.717. The van der Waals surface area contributed by atoms with Crippen molar-refractivity contribution in [2.75, 3.05) is 29.6 Å². The number of nitrogens with zero attached hydrogens (tertiary/aromatic N) is 4. The maximum atomic E-state index is 11.9. The molecule has 8 heteroatoms. The van der Waals surface area contributed by atoms with Crippen molar-refractivity contribution in [3.63, 3.8) is 0 Å². The van der Waals surface area contributed by atoms with Crippen LogP contribution in [0.5, 0.6) is 0 Å². The summed E-state index contributed by atoms with van der Waals surface area (Å²) in [5, 5.41) is 4.16. The molecule has 0 bridgehead atoms. The molecule has 0 spiro atoms.